The minimum absolute atomic E-state index is 0.0545. The van der Waals surface area contributed by atoms with Crippen LogP contribution >= 0.6 is 0 Å². The Labute approximate surface area is 167 Å². The van der Waals surface area contributed by atoms with Crippen LogP contribution in [0.1, 0.15) is 41.1 Å². The molecule has 0 spiro atoms. The Balaban J connectivity index is 1.76. The van der Waals surface area contributed by atoms with Gasteiger partial charge in [-0.1, -0.05) is 17.7 Å². The Kier molecular flexibility index (Phi) is 6.25. The molecule has 2 atom stereocenters. The molecule has 2 aromatic rings. The summed E-state index contributed by atoms with van der Waals surface area (Å²) in [4.78, 5) is 14.1. The lowest BCUT2D eigenvalue weighted by Gasteiger charge is -2.23. The highest BCUT2D eigenvalue weighted by molar-refractivity contribution is 5.93. The zero-order valence-electron chi connectivity index (χ0n) is 17.5. The number of rotatable bonds is 6. The zero-order valence-corrected chi connectivity index (χ0v) is 17.5. The van der Waals surface area contributed by atoms with E-state index in [0.29, 0.717) is 6.54 Å². The van der Waals surface area contributed by atoms with E-state index in [1.165, 1.54) is 10.5 Å². The maximum atomic E-state index is 12.8. The molecule has 5 heteroatoms. The number of hydrogen-bond acceptors (Lipinski definition) is 3. The van der Waals surface area contributed by atoms with E-state index in [9.17, 15) is 4.79 Å². The molecule has 1 saturated heterocycles. The zero-order chi connectivity index (χ0) is 20.3. The fourth-order valence-electron chi connectivity index (χ4n) is 4.38. The van der Waals surface area contributed by atoms with Crippen molar-refractivity contribution >= 4 is 11.6 Å². The van der Waals surface area contributed by atoms with E-state index in [1.54, 1.807) is 14.2 Å². The summed E-state index contributed by atoms with van der Waals surface area (Å²) in [5.41, 5.74) is 5.47. The SMILES string of the molecule is COc1ccc(OC)c([C@H]2CCC[NH+]2CC(=O)Nc2c(C)cc(C)cc2C)c1. The number of likely N-dealkylation sites (tertiary alicyclic amines) is 1. The van der Waals surface area contributed by atoms with Gasteiger partial charge in [-0.15, -0.1) is 0 Å². The van der Waals surface area contributed by atoms with Crippen molar-refractivity contribution < 1.29 is 19.2 Å². The van der Waals surface area contributed by atoms with E-state index in [4.69, 9.17) is 9.47 Å². The van der Waals surface area contributed by atoms with Gasteiger partial charge in [0.1, 0.15) is 17.5 Å². The molecule has 3 rings (SSSR count). The van der Waals surface area contributed by atoms with Crippen molar-refractivity contribution in [2.45, 2.75) is 39.7 Å². The lowest BCUT2D eigenvalue weighted by atomic mass is 10.0. The van der Waals surface area contributed by atoms with E-state index in [0.717, 1.165) is 53.3 Å². The van der Waals surface area contributed by atoms with Crippen LogP contribution in [0.4, 0.5) is 5.69 Å². The van der Waals surface area contributed by atoms with Crippen LogP contribution in [-0.2, 0) is 4.79 Å². The van der Waals surface area contributed by atoms with Crippen molar-refractivity contribution in [3.8, 4) is 11.5 Å². The maximum Gasteiger partial charge on any atom is 0.279 e. The lowest BCUT2D eigenvalue weighted by molar-refractivity contribution is -0.910. The molecule has 1 unspecified atom stereocenters. The number of amides is 1. The second kappa shape index (κ2) is 8.65. The normalized spacial score (nSPS) is 18.8. The number of ether oxygens (including phenoxy) is 2. The molecular weight excluding hydrogens is 352 g/mol. The monoisotopic (exact) mass is 383 g/mol. The van der Waals surface area contributed by atoms with Gasteiger partial charge in [0.05, 0.1) is 26.3 Å². The lowest BCUT2D eigenvalue weighted by Crippen LogP contribution is -3.11. The summed E-state index contributed by atoms with van der Waals surface area (Å²) in [5.74, 6) is 1.73. The average molecular weight is 384 g/mol. The average Bonchev–Trinajstić information content (AvgIpc) is 3.11. The summed E-state index contributed by atoms with van der Waals surface area (Å²) < 4.78 is 11.0. The Morgan fingerprint density at radius 1 is 1.11 bits per heavy atom. The molecule has 1 amide bonds. The summed E-state index contributed by atoms with van der Waals surface area (Å²) >= 11 is 0. The van der Waals surface area contributed by atoms with Crippen LogP contribution in [0.2, 0.25) is 0 Å². The summed E-state index contributed by atoms with van der Waals surface area (Å²) in [6, 6.07) is 10.3. The maximum absolute atomic E-state index is 12.8. The number of nitrogens with one attached hydrogen (secondary N) is 2. The Morgan fingerprint density at radius 2 is 1.82 bits per heavy atom. The predicted molar refractivity (Wildman–Crippen MR) is 112 cm³/mol. The molecular formula is C23H31N2O3+. The quantitative estimate of drug-likeness (QED) is 0.806. The molecule has 5 nitrogen and oxygen atoms in total. The molecule has 0 aliphatic carbocycles. The van der Waals surface area contributed by atoms with Gasteiger partial charge in [0, 0.05) is 18.5 Å². The van der Waals surface area contributed by atoms with Gasteiger partial charge in [-0.2, -0.15) is 0 Å². The van der Waals surface area contributed by atoms with Gasteiger partial charge in [-0.25, -0.2) is 0 Å². The van der Waals surface area contributed by atoms with Crippen LogP contribution in [0.5, 0.6) is 11.5 Å². The van der Waals surface area contributed by atoms with E-state index in [1.807, 2.05) is 32.0 Å². The topological polar surface area (TPSA) is 52.0 Å². The predicted octanol–water partition coefficient (Wildman–Crippen LogP) is 2.99. The van der Waals surface area contributed by atoms with Crippen LogP contribution in [0.15, 0.2) is 30.3 Å². The van der Waals surface area contributed by atoms with E-state index in [2.05, 4.69) is 24.4 Å². The molecule has 1 aliphatic heterocycles. The Morgan fingerprint density at radius 3 is 2.46 bits per heavy atom. The van der Waals surface area contributed by atoms with Crippen LogP contribution in [0.25, 0.3) is 0 Å². The Bertz CT molecular complexity index is 840. The number of aryl methyl sites for hydroxylation is 3. The van der Waals surface area contributed by atoms with Crippen LogP contribution < -0.4 is 19.7 Å². The molecule has 1 heterocycles. The number of methoxy groups -OCH3 is 2. The number of quaternary nitrogens is 1. The second-order valence-electron chi connectivity index (χ2n) is 7.71. The van der Waals surface area contributed by atoms with E-state index < -0.39 is 0 Å². The first kappa shape index (κ1) is 20.2. The minimum Gasteiger partial charge on any atom is -0.497 e. The second-order valence-corrected chi connectivity index (χ2v) is 7.71. The molecule has 2 aromatic carbocycles. The van der Waals surface area contributed by atoms with Crippen molar-refractivity contribution in [3.63, 3.8) is 0 Å². The summed E-state index contributed by atoms with van der Waals surface area (Å²) in [7, 11) is 3.36. The molecule has 28 heavy (non-hydrogen) atoms. The third-order valence-corrected chi connectivity index (χ3v) is 5.62. The van der Waals surface area contributed by atoms with Crippen molar-refractivity contribution in [2.75, 3.05) is 32.6 Å². The number of benzene rings is 2. The molecule has 150 valence electrons. The van der Waals surface area contributed by atoms with Crippen LogP contribution in [-0.4, -0.2) is 33.2 Å². The minimum atomic E-state index is 0.0545. The molecule has 0 radical (unpaired) electrons. The Hall–Kier alpha value is -2.53. The molecule has 1 aliphatic rings. The van der Waals surface area contributed by atoms with Crippen LogP contribution in [0.3, 0.4) is 0 Å². The number of hydrogen-bond donors (Lipinski definition) is 2. The van der Waals surface area contributed by atoms with Crippen molar-refractivity contribution in [3.05, 3.63) is 52.6 Å². The highest BCUT2D eigenvalue weighted by atomic mass is 16.5. The summed E-state index contributed by atoms with van der Waals surface area (Å²) in [6.45, 7) is 7.58. The smallest absolute Gasteiger partial charge is 0.279 e. The molecule has 0 saturated carbocycles. The van der Waals surface area contributed by atoms with Gasteiger partial charge in [0.15, 0.2) is 6.54 Å². The fourth-order valence-corrected chi connectivity index (χ4v) is 4.38. The largest absolute Gasteiger partial charge is 0.497 e. The van der Waals surface area contributed by atoms with Gasteiger partial charge in [0.2, 0.25) is 0 Å². The molecule has 2 N–H and O–H groups in total. The molecule has 0 bridgehead atoms. The van der Waals surface area contributed by atoms with Crippen molar-refractivity contribution in [2.24, 2.45) is 0 Å². The first-order valence-corrected chi connectivity index (χ1v) is 9.87. The van der Waals surface area contributed by atoms with Crippen LogP contribution in [0, 0.1) is 20.8 Å². The number of carbonyl (C=O) groups is 1. The first-order chi connectivity index (χ1) is 13.4. The van der Waals surface area contributed by atoms with Gasteiger partial charge < -0.3 is 19.7 Å². The fraction of sp³-hybridized carbons (Fsp3) is 0.435. The number of anilines is 1. The van der Waals surface area contributed by atoms with Gasteiger partial charge in [0.25, 0.3) is 5.91 Å². The third kappa shape index (κ3) is 4.30. The highest BCUT2D eigenvalue weighted by Crippen LogP contribution is 2.31. The van der Waals surface area contributed by atoms with E-state index >= 15 is 0 Å². The highest BCUT2D eigenvalue weighted by Gasteiger charge is 2.34. The standard InChI is InChI=1S/C23H30N2O3/c1-15-11-16(2)23(17(3)12-15)24-22(26)14-25-10-6-7-20(25)19-13-18(27-4)8-9-21(19)28-5/h8-9,11-13,20H,6-7,10,14H2,1-5H3,(H,24,26)/p+1/t20-/m1/s1. The van der Waals surface area contributed by atoms with Gasteiger partial charge >= 0.3 is 0 Å². The van der Waals surface area contributed by atoms with E-state index in [-0.39, 0.29) is 11.9 Å². The summed E-state index contributed by atoms with van der Waals surface area (Å²) in [5, 5.41) is 3.14. The summed E-state index contributed by atoms with van der Waals surface area (Å²) in [6.07, 6.45) is 2.13. The molecule has 1 fully saturated rings. The van der Waals surface area contributed by atoms with Crippen molar-refractivity contribution in [1.29, 1.82) is 0 Å². The van der Waals surface area contributed by atoms with Gasteiger partial charge in [-0.3, -0.25) is 4.79 Å². The number of carbonyl (C=O) groups excluding carboxylic acids is 1. The molecule has 0 aromatic heterocycles. The van der Waals surface area contributed by atoms with Gasteiger partial charge in [-0.05, 0) is 50.1 Å². The van der Waals surface area contributed by atoms with Crippen molar-refractivity contribution in [1.82, 2.24) is 0 Å². The third-order valence-electron chi connectivity index (χ3n) is 5.62. The first-order valence-electron chi connectivity index (χ1n) is 9.87.